The van der Waals surface area contributed by atoms with Gasteiger partial charge in [0, 0.05) is 23.7 Å². The first-order valence-electron chi connectivity index (χ1n) is 12.2. The SMILES string of the molecule is CCCCCCCCSc1nc2sc3c(c2c(=O)n1-c1ccc(OCC)cc1)CCN(C)C3. The lowest BCUT2D eigenvalue weighted by Gasteiger charge is -2.21. The number of aromatic nitrogens is 2. The van der Waals surface area contributed by atoms with Crippen molar-refractivity contribution in [2.45, 2.75) is 70.5 Å². The van der Waals surface area contributed by atoms with Crippen LogP contribution in [-0.4, -0.2) is 40.4 Å². The standard InChI is InChI=1S/C26H35N3O2S2/c1-4-6-7-8-9-10-17-32-26-27-24-23(21-15-16-28(3)18-22(21)33-24)25(30)29(26)19-11-13-20(14-12-19)31-5-2/h11-14H,4-10,15-18H2,1-3H3. The predicted octanol–water partition coefficient (Wildman–Crippen LogP) is 6.29. The van der Waals surface area contributed by atoms with Crippen LogP contribution in [0.3, 0.4) is 0 Å². The van der Waals surface area contributed by atoms with E-state index in [1.165, 1.54) is 42.5 Å². The Balaban J connectivity index is 1.66. The van der Waals surface area contributed by atoms with Crippen LogP contribution < -0.4 is 10.3 Å². The maximum absolute atomic E-state index is 13.9. The molecule has 0 unspecified atom stereocenters. The van der Waals surface area contributed by atoms with E-state index in [1.54, 1.807) is 23.1 Å². The van der Waals surface area contributed by atoms with Crippen molar-refractivity contribution in [1.82, 2.24) is 14.5 Å². The van der Waals surface area contributed by atoms with Gasteiger partial charge < -0.3 is 9.64 Å². The van der Waals surface area contributed by atoms with E-state index in [0.717, 1.165) is 58.5 Å². The number of hydrogen-bond donors (Lipinski definition) is 0. The lowest BCUT2D eigenvalue weighted by atomic mass is 10.1. The fourth-order valence-corrected chi connectivity index (χ4v) is 6.73. The highest BCUT2D eigenvalue weighted by Crippen LogP contribution is 2.34. The van der Waals surface area contributed by atoms with Crippen molar-refractivity contribution in [2.75, 3.05) is 26.0 Å². The maximum Gasteiger partial charge on any atom is 0.267 e. The number of rotatable bonds is 11. The topological polar surface area (TPSA) is 47.4 Å². The molecule has 0 amide bonds. The molecule has 0 bridgehead atoms. The second kappa shape index (κ2) is 11.5. The number of thioether (sulfide) groups is 1. The number of fused-ring (bicyclic) bond motifs is 3. The highest BCUT2D eigenvalue weighted by Gasteiger charge is 2.24. The van der Waals surface area contributed by atoms with Crippen LogP contribution >= 0.6 is 23.1 Å². The van der Waals surface area contributed by atoms with Crippen molar-refractivity contribution >= 4 is 33.3 Å². The third kappa shape index (κ3) is 5.64. The van der Waals surface area contributed by atoms with E-state index in [4.69, 9.17) is 9.72 Å². The zero-order valence-corrected chi connectivity index (χ0v) is 21.7. The van der Waals surface area contributed by atoms with E-state index in [2.05, 4.69) is 18.9 Å². The molecule has 3 heterocycles. The molecule has 4 rings (SSSR count). The highest BCUT2D eigenvalue weighted by molar-refractivity contribution is 7.99. The zero-order chi connectivity index (χ0) is 23.2. The molecule has 0 saturated carbocycles. The molecule has 33 heavy (non-hydrogen) atoms. The van der Waals surface area contributed by atoms with Crippen LogP contribution in [-0.2, 0) is 13.0 Å². The van der Waals surface area contributed by atoms with Crippen molar-refractivity contribution < 1.29 is 4.74 Å². The minimum absolute atomic E-state index is 0.0664. The summed E-state index contributed by atoms with van der Waals surface area (Å²) in [5.41, 5.74) is 2.13. The van der Waals surface area contributed by atoms with Gasteiger partial charge in [-0.2, -0.15) is 0 Å². The fraction of sp³-hybridized carbons (Fsp3) is 0.538. The molecule has 0 saturated heterocycles. The molecule has 5 nitrogen and oxygen atoms in total. The average Bonchev–Trinajstić information content (AvgIpc) is 3.17. The Kier molecular flexibility index (Phi) is 8.50. The lowest BCUT2D eigenvalue weighted by Crippen LogP contribution is -2.27. The van der Waals surface area contributed by atoms with Crippen LogP contribution in [0.15, 0.2) is 34.2 Å². The van der Waals surface area contributed by atoms with Gasteiger partial charge in [0.1, 0.15) is 10.6 Å². The molecule has 0 N–H and O–H groups in total. The van der Waals surface area contributed by atoms with E-state index >= 15 is 0 Å². The summed E-state index contributed by atoms with van der Waals surface area (Å²) in [4.78, 5) is 23.4. The molecule has 1 aliphatic heterocycles. The molecule has 0 fully saturated rings. The van der Waals surface area contributed by atoms with Crippen LogP contribution in [0, 0.1) is 0 Å². The van der Waals surface area contributed by atoms with Gasteiger partial charge in [0.2, 0.25) is 0 Å². The second-order valence-corrected chi connectivity index (χ2v) is 10.9. The molecule has 1 aliphatic rings. The van der Waals surface area contributed by atoms with Crippen LogP contribution in [0.2, 0.25) is 0 Å². The molecular weight excluding hydrogens is 450 g/mol. The Morgan fingerprint density at radius 3 is 2.61 bits per heavy atom. The fourth-order valence-electron chi connectivity index (χ4n) is 4.38. The third-order valence-corrected chi connectivity index (χ3v) is 8.31. The Morgan fingerprint density at radius 1 is 1.09 bits per heavy atom. The number of hydrogen-bond acceptors (Lipinski definition) is 6. The first-order valence-corrected chi connectivity index (χ1v) is 14.0. The number of nitrogens with zero attached hydrogens (tertiary/aromatic N) is 3. The van der Waals surface area contributed by atoms with Gasteiger partial charge in [-0.1, -0.05) is 50.8 Å². The van der Waals surface area contributed by atoms with Gasteiger partial charge in [-0.15, -0.1) is 11.3 Å². The van der Waals surface area contributed by atoms with Crippen molar-refractivity contribution in [3.05, 3.63) is 45.1 Å². The van der Waals surface area contributed by atoms with Crippen LogP contribution in [0.25, 0.3) is 15.9 Å². The highest BCUT2D eigenvalue weighted by atomic mass is 32.2. The van der Waals surface area contributed by atoms with E-state index in [1.807, 2.05) is 35.8 Å². The van der Waals surface area contributed by atoms with Gasteiger partial charge in [-0.25, -0.2) is 4.98 Å². The Hall–Kier alpha value is -1.83. The minimum Gasteiger partial charge on any atom is -0.494 e. The summed E-state index contributed by atoms with van der Waals surface area (Å²) in [7, 11) is 2.14. The van der Waals surface area contributed by atoms with E-state index in [9.17, 15) is 4.79 Å². The molecule has 2 aromatic heterocycles. The largest absolute Gasteiger partial charge is 0.494 e. The molecule has 0 atom stereocenters. The summed E-state index contributed by atoms with van der Waals surface area (Å²) in [6, 6.07) is 7.83. The Labute approximate surface area is 205 Å². The van der Waals surface area contributed by atoms with Crippen molar-refractivity contribution in [2.24, 2.45) is 0 Å². The maximum atomic E-state index is 13.9. The normalized spacial score (nSPS) is 14.0. The van der Waals surface area contributed by atoms with Gasteiger partial charge in [0.05, 0.1) is 17.7 Å². The van der Waals surface area contributed by atoms with Crippen molar-refractivity contribution in [3.63, 3.8) is 0 Å². The summed E-state index contributed by atoms with van der Waals surface area (Å²) in [5.74, 6) is 1.80. The number of likely N-dealkylation sites (N-methyl/N-ethyl adjacent to an activating group) is 1. The predicted molar refractivity (Wildman–Crippen MR) is 141 cm³/mol. The van der Waals surface area contributed by atoms with Crippen LogP contribution in [0.1, 0.15) is 62.8 Å². The summed E-state index contributed by atoms with van der Waals surface area (Å²) in [5, 5.41) is 1.62. The van der Waals surface area contributed by atoms with E-state index in [0.29, 0.717) is 6.61 Å². The molecule has 178 valence electrons. The summed E-state index contributed by atoms with van der Waals surface area (Å²) < 4.78 is 7.43. The van der Waals surface area contributed by atoms with Crippen LogP contribution in [0.4, 0.5) is 0 Å². The van der Waals surface area contributed by atoms with Gasteiger partial charge >= 0.3 is 0 Å². The number of thiophene rings is 1. The van der Waals surface area contributed by atoms with Crippen LogP contribution in [0.5, 0.6) is 5.75 Å². The first-order chi connectivity index (χ1) is 16.1. The molecule has 3 aromatic rings. The van der Waals surface area contributed by atoms with Gasteiger partial charge in [0.15, 0.2) is 5.16 Å². The van der Waals surface area contributed by atoms with Crippen molar-refractivity contribution in [1.29, 1.82) is 0 Å². The molecule has 0 radical (unpaired) electrons. The van der Waals surface area contributed by atoms with Gasteiger partial charge in [-0.3, -0.25) is 9.36 Å². The molecule has 1 aromatic carbocycles. The summed E-state index contributed by atoms with van der Waals surface area (Å²) >= 11 is 3.41. The zero-order valence-electron chi connectivity index (χ0n) is 20.1. The van der Waals surface area contributed by atoms with Crippen molar-refractivity contribution in [3.8, 4) is 11.4 Å². The summed E-state index contributed by atoms with van der Waals surface area (Å²) in [6.07, 6.45) is 8.50. The first kappa shape index (κ1) is 24.3. The number of benzene rings is 1. The monoisotopic (exact) mass is 485 g/mol. The molecule has 0 spiro atoms. The number of ether oxygens (including phenoxy) is 1. The quantitative estimate of drug-likeness (QED) is 0.182. The molecular formula is C26H35N3O2S2. The minimum atomic E-state index is 0.0664. The Bertz CT molecular complexity index is 1120. The number of unbranched alkanes of at least 4 members (excludes halogenated alkanes) is 5. The van der Waals surface area contributed by atoms with E-state index in [-0.39, 0.29) is 5.56 Å². The lowest BCUT2D eigenvalue weighted by molar-refractivity contribution is 0.318. The smallest absolute Gasteiger partial charge is 0.267 e. The Morgan fingerprint density at radius 2 is 1.85 bits per heavy atom. The summed E-state index contributed by atoms with van der Waals surface area (Å²) in [6.45, 7) is 6.74. The molecule has 7 heteroatoms. The molecule has 0 aliphatic carbocycles. The second-order valence-electron chi connectivity index (χ2n) is 8.75. The third-order valence-electron chi connectivity index (χ3n) is 6.17. The average molecular weight is 486 g/mol. The van der Waals surface area contributed by atoms with E-state index < -0.39 is 0 Å². The van der Waals surface area contributed by atoms with Gasteiger partial charge in [0.25, 0.3) is 5.56 Å². The van der Waals surface area contributed by atoms with Gasteiger partial charge in [-0.05, 0) is 56.6 Å².